The van der Waals surface area contributed by atoms with Crippen LogP contribution in [0.25, 0.3) is 33.2 Å². The molecule has 0 unspecified atom stereocenters. The third kappa shape index (κ3) is 9.70. The Labute approximate surface area is 299 Å². The number of alkyl halides is 2. The van der Waals surface area contributed by atoms with Crippen LogP contribution in [-0.2, 0) is 43.2 Å². The summed E-state index contributed by atoms with van der Waals surface area (Å²) in [5.41, 5.74) is 6.72. The maximum atomic E-state index is 14.0. The molecule has 1 aliphatic rings. The van der Waals surface area contributed by atoms with Crippen LogP contribution in [0.4, 0.5) is 8.78 Å². The molecule has 0 aliphatic heterocycles. The Hall–Kier alpha value is -3.21. The number of ketones is 1. The van der Waals surface area contributed by atoms with Crippen LogP contribution < -0.4 is 0 Å². The van der Waals surface area contributed by atoms with Crippen LogP contribution in [0.15, 0.2) is 78.7 Å². The smallest absolute Gasteiger partial charge is 0.252 e. The molecule has 1 aliphatic carbocycles. The minimum Gasteiger partial charge on any atom is -0.512 e. The molecule has 0 amide bonds. The minimum atomic E-state index is -2.61. The number of aliphatic hydroxyl groups excluding tert-OH is 1. The zero-order valence-electron chi connectivity index (χ0n) is 29.4. The molecule has 0 spiro atoms. The van der Waals surface area contributed by atoms with Gasteiger partial charge in [-0.05, 0) is 65.8 Å². The maximum absolute atomic E-state index is 14.0. The molecule has 3 nitrogen and oxygen atoms in total. The summed E-state index contributed by atoms with van der Waals surface area (Å²) in [4.78, 5) is 16.3. The van der Waals surface area contributed by atoms with Gasteiger partial charge in [-0.3, -0.25) is 9.78 Å². The fourth-order valence-corrected chi connectivity index (χ4v) is 6.42. The molecule has 1 N–H and O–H groups in total. The number of rotatable bonds is 9. The number of carbonyl (C=O) groups is 1. The van der Waals surface area contributed by atoms with Gasteiger partial charge in [0.2, 0.25) is 0 Å². The first kappa shape index (κ1) is 39.2. The standard InChI is InChI=1S/C29H26F2N.C13H24O2.Ir/c1-28(2,3)26-16-23(15-22-6-4-5-7-25(22)26)27-17-21(11-13-32-27)20-9-8-19-10-12-29(30,31)18-24(19)14-20;1-5-10(6-2)12(14)9-13(15)11(7-3)8-4;/h4-9,11,13-14,16-17H,10,12,18H2,1-3H3;9-11,14H,5-8H2,1-4H3;/q-1;;/b;12-9-;. The van der Waals surface area contributed by atoms with E-state index in [2.05, 4.69) is 56.1 Å². The normalized spacial score (nSPS) is 14.3. The van der Waals surface area contributed by atoms with Gasteiger partial charge in [0, 0.05) is 62.7 Å². The van der Waals surface area contributed by atoms with E-state index in [1.54, 1.807) is 6.20 Å². The molecule has 0 saturated heterocycles. The van der Waals surface area contributed by atoms with E-state index in [0.29, 0.717) is 6.42 Å². The topological polar surface area (TPSA) is 50.2 Å². The first-order valence-electron chi connectivity index (χ1n) is 17.2. The number of halogens is 2. The molecule has 5 rings (SSSR count). The van der Waals surface area contributed by atoms with Crippen molar-refractivity contribution in [2.24, 2.45) is 11.8 Å². The maximum Gasteiger partial charge on any atom is 0.252 e. The Morgan fingerprint density at radius 3 is 2.21 bits per heavy atom. The number of pyridine rings is 1. The third-order valence-electron chi connectivity index (χ3n) is 9.45. The summed E-state index contributed by atoms with van der Waals surface area (Å²) >= 11 is 0. The van der Waals surface area contributed by atoms with Gasteiger partial charge < -0.3 is 5.11 Å². The van der Waals surface area contributed by atoms with E-state index in [-0.39, 0.29) is 61.7 Å². The number of carbonyl (C=O) groups excluding carboxylic acids is 1. The predicted molar refractivity (Wildman–Crippen MR) is 191 cm³/mol. The van der Waals surface area contributed by atoms with Crippen molar-refractivity contribution in [2.75, 3.05) is 0 Å². The largest absolute Gasteiger partial charge is 0.512 e. The molecule has 1 radical (unpaired) electrons. The first-order valence-corrected chi connectivity index (χ1v) is 17.2. The molecule has 0 atom stereocenters. The van der Waals surface area contributed by atoms with Gasteiger partial charge in [-0.2, -0.15) is 0 Å². The SMILES string of the molecule is CC(C)(C)c1cc(-c2cc(-c3ccc4c(c3)CC(F)(F)CC4)ccn2)[c-]c2ccccc12.CCC(CC)C(=O)/C=C(\O)C(CC)CC.[Ir]. The summed E-state index contributed by atoms with van der Waals surface area (Å²) in [7, 11) is 0. The molecular weight excluding hydrogens is 781 g/mol. The van der Waals surface area contributed by atoms with Crippen molar-refractivity contribution in [1.29, 1.82) is 0 Å². The Morgan fingerprint density at radius 1 is 0.917 bits per heavy atom. The van der Waals surface area contributed by atoms with Gasteiger partial charge in [0.05, 0.1) is 5.76 Å². The Balaban J connectivity index is 0.000000334. The van der Waals surface area contributed by atoms with E-state index in [4.69, 9.17) is 0 Å². The number of aromatic nitrogens is 1. The molecule has 6 heteroatoms. The molecule has 1 aromatic heterocycles. The van der Waals surface area contributed by atoms with E-state index in [1.807, 2.05) is 64.1 Å². The molecule has 4 aromatic rings. The van der Waals surface area contributed by atoms with Crippen molar-refractivity contribution in [3.8, 4) is 22.4 Å². The van der Waals surface area contributed by atoms with Crippen molar-refractivity contribution < 1.29 is 38.8 Å². The van der Waals surface area contributed by atoms with Crippen molar-refractivity contribution >= 4 is 16.6 Å². The van der Waals surface area contributed by atoms with E-state index in [1.165, 1.54) is 17.0 Å². The Morgan fingerprint density at radius 2 is 1.56 bits per heavy atom. The molecule has 0 fully saturated rings. The summed E-state index contributed by atoms with van der Waals surface area (Å²) in [5, 5.41) is 12.0. The number of hydrogen-bond donors (Lipinski definition) is 1. The Kier molecular flexibility index (Phi) is 13.8. The summed E-state index contributed by atoms with van der Waals surface area (Å²) in [5.74, 6) is -2.07. The average molecular weight is 831 g/mol. The summed E-state index contributed by atoms with van der Waals surface area (Å²) in [6, 6.07) is 24.0. The van der Waals surface area contributed by atoms with Gasteiger partial charge >= 0.3 is 0 Å². The monoisotopic (exact) mass is 831 g/mol. The second-order valence-corrected chi connectivity index (χ2v) is 13.8. The second-order valence-electron chi connectivity index (χ2n) is 13.8. The van der Waals surface area contributed by atoms with Crippen molar-refractivity contribution in [3.63, 3.8) is 0 Å². The van der Waals surface area contributed by atoms with Gasteiger partial charge in [-0.15, -0.1) is 29.1 Å². The summed E-state index contributed by atoms with van der Waals surface area (Å²) in [6.07, 6.45) is 6.89. The quantitative estimate of drug-likeness (QED) is 0.104. The van der Waals surface area contributed by atoms with Crippen molar-refractivity contribution in [2.45, 2.75) is 105 Å². The fourth-order valence-electron chi connectivity index (χ4n) is 6.42. The number of fused-ring (bicyclic) bond motifs is 2. The van der Waals surface area contributed by atoms with Crippen molar-refractivity contribution in [3.05, 3.63) is 101 Å². The molecule has 1 heterocycles. The van der Waals surface area contributed by atoms with Gasteiger partial charge in [-0.25, -0.2) is 8.78 Å². The van der Waals surface area contributed by atoms with Crippen LogP contribution in [0, 0.1) is 17.9 Å². The number of hydrogen-bond acceptors (Lipinski definition) is 3. The molecule has 259 valence electrons. The minimum absolute atomic E-state index is 0. The fraction of sp³-hybridized carbons (Fsp3) is 0.429. The van der Waals surface area contributed by atoms with E-state index < -0.39 is 5.92 Å². The van der Waals surface area contributed by atoms with Crippen LogP contribution in [0.2, 0.25) is 0 Å². The van der Waals surface area contributed by atoms with Crippen molar-refractivity contribution in [1.82, 2.24) is 4.98 Å². The van der Waals surface area contributed by atoms with E-state index >= 15 is 0 Å². The van der Waals surface area contributed by atoms with E-state index in [9.17, 15) is 18.7 Å². The molecule has 48 heavy (non-hydrogen) atoms. The number of aryl methyl sites for hydroxylation is 1. The van der Waals surface area contributed by atoms with E-state index in [0.717, 1.165) is 64.6 Å². The molecule has 0 saturated carbocycles. The average Bonchev–Trinajstić information content (AvgIpc) is 3.04. The zero-order chi connectivity index (χ0) is 34.4. The van der Waals surface area contributed by atoms with Crippen LogP contribution in [0.3, 0.4) is 0 Å². The number of benzene rings is 3. The number of aliphatic hydroxyl groups is 1. The number of allylic oxidation sites excluding steroid dienone is 2. The van der Waals surface area contributed by atoms with Crippen LogP contribution >= 0.6 is 0 Å². The Bertz CT molecular complexity index is 1710. The summed E-state index contributed by atoms with van der Waals surface area (Å²) < 4.78 is 27.9. The van der Waals surface area contributed by atoms with Gasteiger partial charge in [0.1, 0.15) is 0 Å². The number of nitrogens with zero attached hydrogens (tertiary/aromatic N) is 1. The first-order chi connectivity index (χ1) is 22.3. The van der Waals surface area contributed by atoms with Gasteiger partial charge in [0.15, 0.2) is 5.78 Å². The predicted octanol–water partition coefficient (Wildman–Crippen LogP) is 11.7. The summed E-state index contributed by atoms with van der Waals surface area (Å²) in [6.45, 7) is 14.7. The zero-order valence-corrected chi connectivity index (χ0v) is 31.8. The van der Waals surface area contributed by atoms with Crippen LogP contribution in [0.5, 0.6) is 0 Å². The van der Waals surface area contributed by atoms with Crippen LogP contribution in [-0.4, -0.2) is 21.8 Å². The van der Waals surface area contributed by atoms with Gasteiger partial charge in [-0.1, -0.05) is 102 Å². The van der Waals surface area contributed by atoms with Crippen LogP contribution in [0.1, 0.15) is 97.3 Å². The second kappa shape index (κ2) is 16.9. The molecule has 0 bridgehead atoms. The van der Waals surface area contributed by atoms with Gasteiger partial charge in [0.25, 0.3) is 5.92 Å². The third-order valence-corrected chi connectivity index (χ3v) is 9.45. The molecular formula is C42H50F2IrNO2-. The molecule has 3 aromatic carbocycles.